The SMILES string of the molecule is O=C(NC1CCSc2ccc(F)cc21)c1cccc(OCC2CCCO2)c1. The summed E-state index contributed by atoms with van der Waals surface area (Å²) < 4.78 is 25.0. The maximum atomic E-state index is 13.6. The van der Waals surface area contributed by atoms with Gasteiger partial charge in [-0.05, 0) is 61.2 Å². The van der Waals surface area contributed by atoms with Crippen molar-refractivity contribution in [1.82, 2.24) is 5.32 Å². The molecule has 0 radical (unpaired) electrons. The summed E-state index contributed by atoms with van der Waals surface area (Å²) in [5, 5.41) is 3.04. The van der Waals surface area contributed by atoms with Gasteiger partial charge in [0.05, 0.1) is 12.1 Å². The number of fused-ring (bicyclic) bond motifs is 1. The molecular formula is C21H22FNO3S. The number of ether oxygens (including phenoxy) is 2. The smallest absolute Gasteiger partial charge is 0.251 e. The Kier molecular flexibility index (Phi) is 5.64. The monoisotopic (exact) mass is 387 g/mol. The fraction of sp³-hybridized carbons (Fsp3) is 0.381. The fourth-order valence-corrected chi connectivity index (χ4v) is 4.55. The Morgan fingerprint density at radius 3 is 3.04 bits per heavy atom. The van der Waals surface area contributed by atoms with Crippen LogP contribution in [0, 0.1) is 5.82 Å². The molecule has 142 valence electrons. The number of rotatable bonds is 5. The highest BCUT2D eigenvalue weighted by Crippen LogP contribution is 2.36. The molecule has 6 heteroatoms. The van der Waals surface area contributed by atoms with Crippen LogP contribution in [0.15, 0.2) is 47.4 Å². The summed E-state index contributed by atoms with van der Waals surface area (Å²) in [5.41, 5.74) is 1.39. The molecule has 0 aromatic heterocycles. The summed E-state index contributed by atoms with van der Waals surface area (Å²) in [6.07, 6.45) is 2.99. The van der Waals surface area contributed by atoms with Gasteiger partial charge in [-0.1, -0.05) is 6.07 Å². The molecule has 2 atom stereocenters. The Morgan fingerprint density at radius 2 is 2.19 bits per heavy atom. The quantitative estimate of drug-likeness (QED) is 0.829. The molecule has 1 amide bonds. The fourth-order valence-electron chi connectivity index (χ4n) is 3.45. The second-order valence-corrected chi connectivity index (χ2v) is 7.96. The number of carbonyl (C=O) groups excluding carboxylic acids is 1. The predicted molar refractivity (Wildman–Crippen MR) is 103 cm³/mol. The van der Waals surface area contributed by atoms with Gasteiger partial charge in [-0.3, -0.25) is 4.79 Å². The summed E-state index contributed by atoms with van der Waals surface area (Å²) in [5.74, 6) is 1.10. The summed E-state index contributed by atoms with van der Waals surface area (Å²) in [6.45, 7) is 1.29. The van der Waals surface area contributed by atoms with Crippen molar-refractivity contribution in [1.29, 1.82) is 0 Å². The molecule has 0 bridgehead atoms. The highest BCUT2D eigenvalue weighted by Gasteiger charge is 2.23. The molecular weight excluding hydrogens is 365 g/mol. The molecule has 2 aliphatic rings. The molecule has 0 saturated carbocycles. The van der Waals surface area contributed by atoms with Crippen molar-refractivity contribution in [3.63, 3.8) is 0 Å². The van der Waals surface area contributed by atoms with Crippen LogP contribution in [0.4, 0.5) is 4.39 Å². The van der Waals surface area contributed by atoms with Crippen LogP contribution in [0.2, 0.25) is 0 Å². The Morgan fingerprint density at radius 1 is 1.26 bits per heavy atom. The van der Waals surface area contributed by atoms with E-state index in [1.54, 1.807) is 30.0 Å². The van der Waals surface area contributed by atoms with Crippen molar-refractivity contribution in [2.75, 3.05) is 19.0 Å². The molecule has 1 saturated heterocycles. The highest BCUT2D eigenvalue weighted by atomic mass is 32.2. The van der Waals surface area contributed by atoms with E-state index in [9.17, 15) is 9.18 Å². The van der Waals surface area contributed by atoms with E-state index in [2.05, 4.69) is 5.32 Å². The Balaban J connectivity index is 1.43. The normalized spacial score (nSPS) is 21.5. The average molecular weight is 387 g/mol. The van der Waals surface area contributed by atoms with Crippen LogP contribution in [0.3, 0.4) is 0 Å². The van der Waals surface area contributed by atoms with E-state index in [1.165, 1.54) is 12.1 Å². The number of benzene rings is 2. The third kappa shape index (κ3) is 4.45. The molecule has 4 rings (SSSR count). The van der Waals surface area contributed by atoms with Crippen LogP contribution >= 0.6 is 11.8 Å². The van der Waals surface area contributed by atoms with Crippen molar-refractivity contribution in [2.45, 2.75) is 36.3 Å². The maximum Gasteiger partial charge on any atom is 0.251 e. The number of halogens is 1. The van der Waals surface area contributed by atoms with Crippen LogP contribution in [0.5, 0.6) is 5.75 Å². The lowest BCUT2D eigenvalue weighted by Gasteiger charge is -2.26. The summed E-state index contributed by atoms with van der Waals surface area (Å²) in [6, 6.07) is 11.7. The molecule has 2 aromatic carbocycles. The van der Waals surface area contributed by atoms with Gasteiger partial charge in [0, 0.05) is 22.8 Å². The van der Waals surface area contributed by atoms with Crippen molar-refractivity contribution >= 4 is 17.7 Å². The Bertz CT molecular complexity index is 823. The number of thioether (sulfide) groups is 1. The number of nitrogens with one attached hydrogen (secondary N) is 1. The summed E-state index contributed by atoms with van der Waals surface area (Å²) in [4.78, 5) is 13.8. The Hall–Kier alpha value is -2.05. The maximum absolute atomic E-state index is 13.6. The van der Waals surface area contributed by atoms with Gasteiger partial charge in [0.1, 0.15) is 18.2 Å². The molecule has 0 aliphatic carbocycles. The van der Waals surface area contributed by atoms with E-state index in [0.29, 0.717) is 17.9 Å². The molecule has 0 spiro atoms. The first-order valence-corrected chi connectivity index (χ1v) is 10.3. The van der Waals surface area contributed by atoms with E-state index in [1.807, 2.05) is 12.1 Å². The lowest BCUT2D eigenvalue weighted by atomic mass is 10.0. The van der Waals surface area contributed by atoms with E-state index in [0.717, 1.165) is 42.1 Å². The lowest BCUT2D eigenvalue weighted by Crippen LogP contribution is -2.30. The van der Waals surface area contributed by atoms with Crippen LogP contribution < -0.4 is 10.1 Å². The van der Waals surface area contributed by atoms with E-state index in [-0.39, 0.29) is 23.9 Å². The second-order valence-electron chi connectivity index (χ2n) is 6.82. The van der Waals surface area contributed by atoms with E-state index < -0.39 is 0 Å². The van der Waals surface area contributed by atoms with E-state index >= 15 is 0 Å². The van der Waals surface area contributed by atoms with Crippen molar-refractivity contribution < 1.29 is 18.7 Å². The number of carbonyl (C=O) groups is 1. The minimum absolute atomic E-state index is 0.133. The molecule has 2 aliphatic heterocycles. The first kappa shape index (κ1) is 18.3. The second kappa shape index (κ2) is 8.31. The van der Waals surface area contributed by atoms with E-state index in [4.69, 9.17) is 9.47 Å². The zero-order chi connectivity index (χ0) is 18.6. The molecule has 2 aromatic rings. The van der Waals surface area contributed by atoms with Crippen molar-refractivity contribution in [3.05, 3.63) is 59.4 Å². The minimum Gasteiger partial charge on any atom is -0.491 e. The molecule has 2 unspecified atom stereocenters. The number of hydrogen-bond acceptors (Lipinski definition) is 4. The molecule has 27 heavy (non-hydrogen) atoms. The zero-order valence-corrected chi connectivity index (χ0v) is 15.8. The van der Waals surface area contributed by atoms with Crippen molar-refractivity contribution in [2.24, 2.45) is 0 Å². The largest absolute Gasteiger partial charge is 0.491 e. The third-order valence-corrected chi connectivity index (χ3v) is 6.00. The van der Waals surface area contributed by atoms with Gasteiger partial charge in [0.15, 0.2) is 0 Å². The molecule has 1 fully saturated rings. The summed E-state index contributed by atoms with van der Waals surface area (Å²) in [7, 11) is 0. The summed E-state index contributed by atoms with van der Waals surface area (Å²) >= 11 is 1.70. The average Bonchev–Trinajstić information content (AvgIpc) is 3.21. The van der Waals surface area contributed by atoms with Gasteiger partial charge in [-0.15, -0.1) is 11.8 Å². The van der Waals surface area contributed by atoms with Gasteiger partial charge < -0.3 is 14.8 Å². The molecule has 2 heterocycles. The standard InChI is InChI=1S/C21H22FNO3S/c22-15-6-7-20-18(12-15)19(8-10-27-20)23-21(24)14-3-1-4-16(11-14)26-13-17-5-2-9-25-17/h1,3-4,6-7,11-12,17,19H,2,5,8-10,13H2,(H,23,24). The lowest BCUT2D eigenvalue weighted by molar-refractivity contribution is 0.0679. The predicted octanol–water partition coefficient (Wildman–Crippen LogP) is 4.35. The zero-order valence-electron chi connectivity index (χ0n) is 14.9. The van der Waals surface area contributed by atoms with Crippen molar-refractivity contribution in [3.8, 4) is 5.75 Å². The van der Waals surface area contributed by atoms with Crippen LogP contribution in [-0.2, 0) is 4.74 Å². The van der Waals surface area contributed by atoms with Crippen LogP contribution in [0.1, 0.15) is 41.2 Å². The number of amides is 1. The first-order chi connectivity index (χ1) is 13.2. The van der Waals surface area contributed by atoms with Crippen LogP contribution in [-0.4, -0.2) is 31.0 Å². The minimum atomic E-state index is -0.278. The Labute approximate surface area is 162 Å². The van der Waals surface area contributed by atoms with Gasteiger partial charge in [0.25, 0.3) is 5.91 Å². The van der Waals surface area contributed by atoms with Crippen LogP contribution in [0.25, 0.3) is 0 Å². The molecule has 1 N–H and O–H groups in total. The van der Waals surface area contributed by atoms with Gasteiger partial charge >= 0.3 is 0 Å². The van der Waals surface area contributed by atoms with Gasteiger partial charge in [0.2, 0.25) is 0 Å². The number of hydrogen-bond donors (Lipinski definition) is 1. The third-order valence-electron chi connectivity index (χ3n) is 4.87. The first-order valence-electron chi connectivity index (χ1n) is 9.26. The van der Waals surface area contributed by atoms with Gasteiger partial charge in [-0.2, -0.15) is 0 Å². The highest BCUT2D eigenvalue weighted by molar-refractivity contribution is 7.99. The molecule has 4 nitrogen and oxygen atoms in total. The van der Waals surface area contributed by atoms with Gasteiger partial charge in [-0.25, -0.2) is 4.39 Å². The topological polar surface area (TPSA) is 47.6 Å².